The van der Waals surface area contributed by atoms with Crippen molar-refractivity contribution < 1.29 is 14.8 Å². The summed E-state index contributed by atoms with van der Waals surface area (Å²) in [6.07, 6.45) is 3.93. The van der Waals surface area contributed by atoms with Crippen molar-refractivity contribution in [1.82, 2.24) is 15.8 Å². The smallest absolute Gasteiger partial charge is 0.256 e. The summed E-state index contributed by atoms with van der Waals surface area (Å²) in [5.74, 6) is -0.459. The predicted octanol–water partition coefficient (Wildman–Crippen LogP) is 2.12. The van der Waals surface area contributed by atoms with Crippen molar-refractivity contribution in [2.75, 3.05) is 11.9 Å². The molecule has 2 aromatic rings. The van der Waals surface area contributed by atoms with Crippen LogP contribution in [0.5, 0.6) is 0 Å². The van der Waals surface area contributed by atoms with Gasteiger partial charge in [-0.1, -0.05) is 6.58 Å². The van der Waals surface area contributed by atoms with Crippen molar-refractivity contribution in [2.24, 2.45) is 0 Å². The number of rotatable bonds is 6. The maximum absolute atomic E-state index is 12.3. The standard InChI is InChI=1S/C18H18N4O3/c1-11(22-25)6-8-20-17(23)12-4-5-16-14(9-12)15(18(24)21-16)10-13-3-2-7-19-13/h2-5,7,9-10,19,22,25H,1,6,8H2,(H,20,23)(H,21,24)/b15-10-. The molecule has 7 heteroatoms. The highest BCUT2D eigenvalue weighted by molar-refractivity contribution is 6.35. The van der Waals surface area contributed by atoms with Gasteiger partial charge in [-0.3, -0.25) is 20.3 Å². The highest BCUT2D eigenvalue weighted by atomic mass is 16.5. The maximum Gasteiger partial charge on any atom is 0.256 e. The topological polar surface area (TPSA) is 106 Å². The molecule has 0 bridgehead atoms. The second-order valence-corrected chi connectivity index (χ2v) is 5.62. The number of hydrogen-bond acceptors (Lipinski definition) is 4. The van der Waals surface area contributed by atoms with Crippen LogP contribution in [0.25, 0.3) is 11.6 Å². The van der Waals surface area contributed by atoms with Crippen LogP contribution in [0.15, 0.2) is 48.8 Å². The van der Waals surface area contributed by atoms with Crippen molar-refractivity contribution in [1.29, 1.82) is 0 Å². The average molecular weight is 338 g/mol. The first-order valence-corrected chi connectivity index (χ1v) is 7.75. The number of amides is 2. The van der Waals surface area contributed by atoms with Crippen LogP contribution in [-0.4, -0.2) is 28.6 Å². The van der Waals surface area contributed by atoms with Gasteiger partial charge in [0.1, 0.15) is 0 Å². The fourth-order valence-electron chi connectivity index (χ4n) is 2.55. The molecule has 5 N–H and O–H groups in total. The minimum Gasteiger partial charge on any atom is -0.362 e. The lowest BCUT2D eigenvalue weighted by molar-refractivity contribution is -0.110. The molecule has 2 amide bonds. The Labute approximate surface area is 144 Å². The monoisotopic (exact) mass is 338 g/mol. The largest absolute Gasteiger partial charge is 0.362 e. The number of nitrogens with one attached hydrogen (secondary N) is 4. The van der Waals surface area contributed by atoms with Gasteiger partial charge in [0, 0.05) is 47.4 Å². The van der Waals surface area contributed by atoms with Crippen LogP contribution < -0.4 is 16.1 Å². The number of anilines is 1. The molecular formula is C18H18N4O3. The van der Waals surface area contributed by atoms with Crippen LogP contribution in [-0.2, 0) is 4.79 Å². The number of hydroxylamine groups is 1. The van der Waals surface area contributed by atoms with Gasteiger partial charge in [-0.25, -0.2) is 0 Å². The van der Waals surface area contributed by atoms with E-state index >= 15 is 0 Å². The molecule has 7 nitrogen and oxygen atoms in total. The van der Waals surface area contributed by atoms with Crippen molar-refractivity contribution in [3.8, 4) is 0 Å². The van der Waals surface area contributed by atoms with Crippen molar-refractivity contribution >= 4 is 29.2 Å². The number of aromatic amines is 1. The van der Waals surface area contributed by atoms with E-state index in [1.165, 1.54) is 0 Å². The minimum atomic E-state index is -0.257. The Morgan fingerprint density at radius 1 is 1.32 bits per heavy atom. The van der Waals surface area contributed by atoms with Gasteiger partial charge in [0.15, 0.2) is 0 Å². The quantitative estimate of drug-likeness (QED) is 0.411. The van der Waals surface area contributed by atoms with Gasteiger partial charge in [0.05, 0.1) is 5.57 Å². The molecule has 3 rings (SSSR count). The van der Waals surface area contributed by atoms with Crippen molar-refractivity contribution in [3.05, 3.63) is 65.6 Å². The van der Waals surface area contributed by atoms with Crippen LogP contribution in [0.1, 0.15) is 28.0 Å². The number of benzene rings is 1. The van der Waals surface area contributed by atoms with Gasteiger partial charge in [-0.2, -0.15) is 0 Å². The molecule has 0 atom stereocenters. The van der Waals surface area contributed by atoms with E-state index in [1.807, 2.05) is 17.6 Å². The summed E-state index contributed by atoms with van der Waals surface area (Å²) in [6, 6.07) is 8.77. The molecule has 1 aromatic heterocycles. The zero-order chi connectivity index (χ0) is 17.8. The molecule has 2 heterocycles. The second-order valence-electron chi connectivity index (χ2n) is 5.62. The van der Waals surface area contributed by atoms with Gasteiger partial charge in [-0.05, 0) is 36.4 Å². The Morgan fingerprint density at radius 3 is 2.88 bits per heavy atom. The van der Waals surface area contributed by atoms with Gasteiger partial charge in [-0.15, -0.1) is 0 Å². The molecule has 0 radical (unpaired) electrons. The highest BCUT2D eigenvalue weighted by Gasteiger charge is 2.25. The van der Waals surface area contributed by atoms with Crippen LogP contribution in [0.3, 0.4) is 0 Å². The number of carbonyl (C=O) groups is 2. The maximum atomic E-state index is 12.3. The SMILES string of the molecule is C=C(CCNC(=O)c1ccc2c(c1)/C(=C/c1ccc[nH]1)C(=O)N2)NO. The lowest BCUT2D eigenvalue weighted by Gasteiger charge is -2.08. The molecule has 0 saturated carbocycles. The summed E-state index contributed by atoms with van der Waals surface area (Å²) in [5, 5.41) is 14.2. The van der Waals surface area contributed by atoms with Gasteiger partial charge < -0.3 is 15.6 Å². The molecule has 1 aliphatic heterocycles. The molecule has 0 unspecified atom stereocenters. The fraction of sp³-hybridized carbons (Fsp3) is 0.111. The van der Waals surface area contributed by atoms with Gasteiger partial charge in [0.25, 0.3) is 11.8 Å². The normalized spacial score (nSPS) is 14.1. The average Bonchev–Trinajstić information content (AvgIpc) is 3.23. The van der Waals surface area contributed by atoms with E-state index in [-0.39, 0.29) is 11.8 Å². The number of fused-ring (bicyclic) bond motifs is 1. The van der Waals surface area contributed by atoms with E-state index < -0.39 is 0 Å². The molecule has 0 spiro atoms. The first kappa shape index (κ1) is 16.5. The molecule has 1 aliphatic rings. The summed E-state index contributed by atoms with van der Waals surface area (Å²) < 4.78 is 0. The Balaban J connectivity index is 1.79. The van der Waals surface area contributed by atoms with Crippen molar-refractivity contribution in [2.45, 2.75) is 6.42 Å². The third-order valence-electron chi connectivity index (χ3n) is 3.86. The van der Waals surface area contributed by atoms with Crippen molar-refractivity contribution in [3.63, 3.8) is 0 Å². The molecule has 25 heavy (non-hydrogen) atoms. The van der Waals surface area contributed by atoms with Crippen LogP contribution in [0.4, 0.5) is 5.69 Å². The molecule has 0 fully saturated rings. The molecule has 0 aliphatic carbocycles. The van der Waals surface area contributed by atoms with E-state index in [0.29, 0.717) is 41.1 Å². The number of aromatic nitrogens is 1. The third-order valence-corrected chi connectivity index (χ3v) is 3.86. The summed E-state index contributed by atoms with van der Waals surface area (Å²) in [6.45, 7) is 3.91. The lowest BCUT2D eigenvalue weighted by Crippen LogP contribution is -2.25. The molecular weight excluding hydrogens is 320 g/mol. The zero-order valence-corrected chi connectivity index (χ0v) is 13.4. The summed E-state index contributed by atoms with van der Waals surface area (Å²) >= 11 is 0. The predicted molar refractivity (Wildman–Crippen MR) is 94.7 cm³/mol. The number of H-pyrrole nitrogens is 1. The van der Waals surface area contributed by atoms with E-state index in [2.05, 4.69) is 22.2 Å². The second kappa shape index (κ2) is 7.06. The van der Waals surface area contributed by atoms with Crippen LogP contribution in [0, 0.1) is 0 Å². The minimum absolute atomic E-state index is 0.201. The number of hydrogen-bond donors (Lipinski definition) is 5. The summed E-state index contributed by atoms with van der Waals surface area (Å²) in [7, 11) is 0. The summed E-state index contributed by atoms with van der Waals surface area (Å²) in [5.41, 5.74) is 5.49. The molecule has 128 valence electrons. The Kier molecular flexibility index (Phi) is 4.67. The van der Waals surface area contributed by atoms with Gasteiger partial charge in [0.2, 0.25) is 0 Å². The Bertz CT molecular complexity index is 853. The number of carbonyl (C=O) groups excluding carboxylic acids is 2. The van der Waals surface area contributed by atoms with Crippen LogP contribution >= 0.6 is 0 Å². The highest BCUT2D eigenvalue weighted by Crippen LogP contribution is 2.33. The van der Waals surface area contributed by atoms with E-state index in [0.717, 1.165) is 5.69 Å². The van der Waals surface area contributed by atoms with E-state index in [1.54, 1.807) is 30.5 Å². The third kappa shape index (κ3) is 3.61. The van der Waals surface area contributed by atoms with E-state index in [4.69, 9.17) is 5.21 Å². The van der Waals surface area contributed by atoms with Gasteiger partial charge >= 0.3 is 0 Å². The fourth-order valence-corrected chi connectivity index (χ4v) is 2.55. The van der Waals surface area contributed by atoms with E-state index in [9.17, 15) is 9.59 Å². The Morgan fingerprint density at radius 2 is 2.16 bits per heavy atom. The summed E-state index contributed by atoms with van der Waals surface area (Å²) in [4.78, 5) is 27.5. The molecule has 1 aromatic carbocycles. The lowest BCUT2D eigenvalue weighted by atomic mass is 10.0. The van der Waals surface area contributed by atoms with Crippen LogP contribution in [0.2, 0.25) is 0 Å². The zero-order valence-electron chi connectivity index (χ0n) is 13.4. The molecule has 0 saturated heterocycles. The first-order chi connectivity index (χ1) is 12.1. The first-order valence-electron chi connectivity index (χ1n) is 7.75. The Hall–Kier alpha value is -3.32.